The summed E-state index contributed by atoms with van der Waals surface area (Å²) in [5.41, 5.74) is 0.873. The molecule has 1 aliphatic heterocycles. The second-order valence-electron chi connectivity index (χ2n) is 5.73. The number of esters is 1. The molecular weight excluding hydrogens is 373 g/mol. The van der Waals surface area contributed by atoms with E-state index in [4.69, 9.17) is 10.5 Å². The number of halogens is 3. The minimum atomic E-state index is -4.41. The van der Waals surface area contributed by atoms with E-state index >= 15 is 0 Å². The van der Waals surface area contributed by atoms with Gasteiger partial charge in [-0.1, -0.05) is 0 Å². The first-order valence-corrected chi connectivity index (χ1v) is 8.57. The molecule has 26 heavy (non-hydrogen) atoms. The molecule has 0 bridgehead atoms. The first-order valence-electron chi connectivity index (χ1n) is 7.76. The lowest BCUT2D eigenvalue weighted by Crippen LogP contribution is -2.45. The van der Waals surface area contributed by atoms with Crippen LogP contribution in [0, 0.1) is 5.92 Å². The minimum absolute atomic E-state index is 0.0398. The normalized spacial score (nSPS) is 17.7. The molecule has 0 radical (unpaired) electrons. The number of amides is 2. The van der Waals surface area contributed by atoms with Crippen LogP contribution in [0.4, 0.5) is 13.2 Å². The molecule has 2 amide bonds. The quantitative estimate of drug-likeness (QED) is 0.615. The number of ether oxygens (including phenoxy) is 1. The number of carbonyl (C=O) groups excluding carboxylic acids is 3. The maximum atomic E-state index is 12.3. The summed E-state index contributed by atoms with van der Waals surface area (Å²) in [5.74, 6) is -2.16. The number of hydrogen-bond acceptors (Lipinski definition) is 5. The van der Waals surface area contributed by atoms with Gasteiger partial charge in [0, 0.05) is 18.0 Å². The highest BCUT2D eigenvalue weighted by Gasteiger charge is 2.29. The van der Waals surface area contributed by atoms with E-state index in [1.807, 2.05) is 0 Å². The number of piperidine rings is 1. The molecule has 1 heterocycles. The number of primary amides is 1. The van der Waals surface area contributed by atoms with E-state index in [2.05, 4.69) is 0 Å². The zero-order valence-corrected chi connectivity index (χ0v) is 14.4. The third-order valence-corrected chi connectivity index (χ3v) is 4.57. The summed E-state index contributed by atoms with van der Waals surface area (Å²) >= 11 is -0.290. The van der Waals surface area contributed by atoms with Crippen molar-refractivity contribution in [1.29, 1.82) is 0 Å². The van der Waals surface area contributed by atoms with E-state index in [-0.39, 0.29) is 28.8 Å². The molecule has 2 N–H and O–H groups in total. The van der Waals surface area contributed by atoms with Gasteiger partial charge >= 0.3 is 11.5 Å². The predicted octanol–water partition coefficient (Wildman–Crippen LogP) is 2.18. The number of nitrogens with zero attached hydrogens (tertiary/aromatic N) is 1. The molecule has 10 heteroatoms. The Bertz CT molecular complexity index is 679. The van der Waals surface area contributed by atoms with Gasteiger partial charge in [-0.05, 0) is 48.9 Å². The smallest absolute Gasteiger partial charge is 0.446 e. The highest BCUT2D eigenvalue weighted by atomic mass is 32.2. The number of hydrogen-bond donors (Lipinski definition) is 1. The van der Waals surface area contributed by atoms with Crippen LogP contribution < -0.4 is 5.73 Å². The Morgan fingerprint density at radius 2 is 1.88 bits per heavy atom. The van der Waals surface area contributed by atoms with Crippen molar-refractivity contribution >= 4 is 29.5 Å². The van der Waals surface area contributed by atoms with Crippen LogP contribution in [-0.2, 0) is 14.3 Å². The highest BCUT2D eigenvalue weighted by molar-refractivity contribution is 8.00. The largest absolute Gasteiger partial charge is 0.452 e. The van der Waals surface area contributed by atoms with E-state index in [0.717, 1.165) is 12.1 Å². The lowest BCUT2D eigenvalue weighted by molar-refractivity contribution is -0.137. The van der Waals surface area contributed by atoms with Crippen LogP contribution in [0.3, 0.4) is 0 Å². The fourth-order valence-electron chi connectivity index (χ4n) is 2.53. The Morgan fingerprint density at radius 1 is 1.23 bits per heavy atom. The maximum absolute atomic E-state index is 12.3. The van der Waals surface area contributed by atoms with Crippen LogP contribution in [0.2, 0.25) is 0 Å². The molecule has 2 rings (SSSR count). The van der Waals surface area contributed by atoms with Gasteiger partial charge in [0.05, 0.1) is 11.5 Å². The molecule has 0 aromatic heterocycles. The molecule has 1 aromatic rings. The molecule has 1 aliphatic rings. The third-order valence-electron chi connectivity index (χ3n) is 3.83. The van der Waals surface area contributed by atoms with Crippen LogP contribution in [0.25, 0.3) is 0 Å². The summed E-state index contributed by atoms with van der Waals surface area (Å²) < 4.78 is 41.7. The van der Waals surface area contributed by atoms with Crippen LogP contribution in [-0.4, -0.2) is 47.9 Å². The molecule has 0 saturated carbocycles. The van der Waals surface area contributed by atoms with Gasteiger partial charge in [0.15, 0.2) is 6.61 Å². The summed E-state index contributed by atoms with van der Waals surface area (Å²) in [6.07, 6.45) is 1.24. The van der Waals surface area contributed by atoms with Crippen LogP contribution in [0.1, 0.15) is 23.2 Å². The number of benzene rings is 1. The zero-order chi connectivity index (χ0) is 19.3. The topological polar surface area (TPSA) is 89.7 Å². The van der Waals surface area contributed by atoms with E-state index in [1.165, 1.54) is 17.0 Å². The fraction of sp³-hybridized carbons (Fsp3) is 0.438. The van der Waals surface area contributed by atoms with Crippen LogP contribution in [0.15, 0.2) is 29.2 Å². The molecule has 1 atom stereocenters. The predicted molar refractivity (Wildman–Crippen MR) is 87.1 cm³/mol. The zero-order valence-electron chi connectivity index (χ0n) is 13.6. The van der Waals surface area contributed by atoms with Crippen molar-refractivity contribution in [2.45, 2.75) is 23.2 Å². The first kappa shape index (κ1) is 20.1. The average Bonchev–Trinajstić information content (AvgIpc) is 2.58. The van der Waals surface area contributed by atoms with Crippen molar-refractivity contribution in [2.75, 3.05) is 19.7 Å². The molecule has 0 spiro atoms. The molecule has 1 fully saturated rings. The van der Waals surface area contributed by atoms with Gasteiger partial charge in [0.2, 0.25) is 5.91 Å². The van der Waals surface area contributed by atoms with Crippen molar-refractivity contribution in [2.24, 2.45) is 11.7 Å². The standard InChI is InChI=1S/C16H17F3N2O4S/c17-16(18,19)26-12-5-3-10(4-6-12)15(24)25-9-13(22)21-7-1-2-11(8-21)14(20)23/h3-6,11H,1-2,7-9H2,(H2,20,23)/t11-/m0/s1. The van der Waals surface area contributed by atoms with Crippen molar-refractivity contribution in [3.8, 4) is 0 Å². The van der Waals surface area contributed by atoms with Gasteiger partial charge in [-0.3, -0.25) is 9.59 Å². The average molecular weight is 390 g/mol. The SMILES string of the molecule is NC(=O)[C@H]1CCCN(C(=O)COC(=O)c2ccc(SC(F)(F)F)cc2)C1. The number of nitrogens with two attached hydrogens (primary N) is 1. The van der Waals surface area contributed by atoms with Gasteiger partial charge < -0.3 is 15.4 Å². The fourth-order valence-corrected chi connectivity index (χ4v) is 3.07. The van der Waals surface area contributed by atoms with Crippen molar-refractivity contribution < 1.29 is 32.3 Å². The van der Waals surface area contributed by atoms with Crippen molar-refractivity contribution in [3.05, 3.63) is 29.8 Å². The van der Waals surface area contributed by atoms with Gasteiger partial charge in [0.1, 0.15) is 0 Å². The lowest BCUT2D eigenvalue weighted by atomic mass is 9.97. The second-order valence-corrected chi connectivity index (χ2v) is 6.87. The molecule has 1 saturated heterocycles. The van der Waals surface area contributed by atoms with E-state index in [1.54, 1.807) is 0 Å². The molecule has 142 valence electrons. The van der Waals surface area contributed by atoms with Crippen LogP contribution in [0.5, 0.6) is 0 Å². The lowest BCUT2D eigenvalue weighted by Gasteiger charge is -2.31. The summed E-state index contributed by atoms with van der Waals surface area (Å²) in [6.45, 7) is 0.127. The molecule has 6 nitrogen and oxygen atoms in total. The number of carbonyl (C=O) groups is 3. The highest BCUT2D eigenvalue weighted by Crippen LogP contribution is 2.36. The number of thioether (sulfide) groups is 1. The number of rotatable bonds is 5. The second kappa shape index (κ2) is 8.43. The monoisotopic (exact) mass is 390 g/mol. The molecule has 0 unspecified atom stereocenters. The first-order chi connectivity index (χ1) is 12.2. The summed E-state index contributed by atoms with van der Waals surface area (Å²) in [4.78, 5) is 36.6. The Balaban J connectivity index is 1.86. The Kier molecular flexibility index (Phi) is 6.52. The van der Waals surface area contributed by atoms with Crippen molar-refractivity contribution in [3.63, 3.8) is 0 Å². The third kappa shape index (κ3) is 5.94. The van der Waals surface area contributed by atoms with Gasteiger partial charge in [-0.2, -0.15) is 13.2 Å². The van der Waals surface area contributed by atoms with Gasteiger partial charge in [0.25, 0.3) is 5.91 Å². The number of likely N-dealkylation sites (tertiary alicyclic amines) is 1. The van der Waals surface area contributed by atoms with Gasteiger partial charge in [-0.15, -0.1) is 0 Å². The summed E-state index contributed by atoms with van der Waals surface area (Å²) in [5, 5.41) is 0. The van der Waals surface area contributed by atoms with E-state index in [9.17, 15) is 27.6 Å². The summed E-state index contributed by atoms with van der Waals surface area (Å²) in [6, 6.07) is 4.70. The maximum Gasteiger partial charge on any atom is 0.446 e. The molecule has 0 aliphatic carbocycles. The number of alkyl halides is 3. The molecule has 1 aromatic carbocycles. The Morgan fingerprint density at radius 3 is 2.46 bits per heavy atom. The van der Waals surface area contributed by atoms with Crippen LogP contribution >= 0.6 is 11.8 Å². The molecular formula is C16H17F3N2O4S. The van der Waals surface area contributed by atoms with E-state index in [0.29, 0.717) is 19.4 Å². The van der Waals surface area contributed by atoms with Gasteiger partial charge in [-0.25, -0.2) is 4.79 Å². The Labute approximate surface area is 151 Å². The van der Waals surface area contributed by atoms with E-state index < -0.39 is 35.8 Å². The van der Waals surface area contributed by atoms with Crippen molar-refractivity contribution in [1.82, 2.24) is 4.90 Å². The minimum Gasteiger partial charge on any atom is -0.452 e. The Hall–Kier alpha value is -2.23. The summed E-state index contributed by atoms with van der Waals surface area (Å²) in [7, 11) is 0.